The number of anilines is 1. The SMILES string of the molecule is Cc1c(CNS(=O)(=O)c2c(N)ncn2C)cnn1C. The number of hydrogen-bond donors (Lipinski definition) is 2. The Morgan fingerprint density at radius 1 is 1.42 bits per heavy atom. The monoisotopic (exact) mass is 284 g/mol. The number of nitrogen functional groups attached to an aromatic ring is 1. The molecule has 0 fully saturated rings. The summed E-state index contributed by atoms with van der Waals surface area (Å²) in [7, 11) is -0.321. The molecule has 0 radical (unpaired) electrons. The van der Waals surface area contributed by atoms with Gasteiger partial charge in [-0.25, -0.2) is 18.1 Å². The quantitative estimate of drug-likeness (QED) is 0.788. The summed E-state index contributed by atoms with van der Waals surface area (Å²) in [6.45, 7) is 2.03. The van der Waals surface area contributed by atoms with Crippen molar-refractivity contribution in [3.63, 3.8) is 0 Å². The van der Waals surface area contributed by atoms with Crippen LogP contribution in [0.5, 0.6) is 0 Å². The molecule has 9 heteroatoms. The summed E-state index contributed by atoms with van der Waals surface area (Å²) in [5.41, 5.74) is 7.28. The van der Waals surface area contributed by atoms with Gasteiger partial charge in [0, 0.05) is 31.9 Å². The Labute approximate surface area is 111 Å². The zero-order chi connectivity index (χ0) is 14.2. The van der Waals surface area contributed by atoms with Gasteiger partial charge in [-0.2, -0.15) is 5.10 Å². The van der Waals surface area contributed by atoms with E-state index >= 15 is 0 Å². The van der Waals surface area contributed by atoms with Crippen molar-refractivity contribution in [3.8, 4) is 0 Å². The number of imidazole rings is 1. The van der Waals surface area contributed by atoms with Gasteiger partial charge in [-0.15, -0.1) is 0 Å². The lowest BCUT2D eigenvalue weighted by atomic mass is 10.3. The third-order valence-electron chi connectivity index (χ3n) is 2.95. The van der Waals surface area contributed by atoms with Gasteiger partial charge in [0.15, 0.2) is 10.8 Å². The Morgan fingerprint density at radius 2 is 2.11 bits per heavy atom. The second kappa shape index (κ2) is 4.67. The van der Waals surface area contributed by atoms with Crippen LogP contribution in [0, 0.1) is 6.92 Å². The minimum absolute atomic E-state index is 0.0158. The lowest BCUT2D eigenvalue weighted by Crippen LogP contribution is -2.26. The van der Waals surface area contributed by atoms with Gasteiger partial charge in [-0.1, -0.05) is 0 Å². The van der Waals surface area contributed by atoms with Gasteiger partial charge in [0.05, 0.1) is 12.5 Å². The number of aromatic nitrogens is 4. The average molecular weight is 284 g/mol. The summed E-state index contributed by atoms with van der Waals surface area (Å²) in [4.78, 5) is 3.76. The van der Waals surface area contributed by atoms with Crippen molar-refractivity contribution in [1.82, 2.24) is 24.1 Å². The molecule has 0 amide bonds. The van der Waals surface area contributed by atoms with E-state index in [9.17, 15) is 8.42 Å². The molecule has 0 atom stereocenters. The van der Waals surface area contributed by atoms with Crippen LogP contribution in [-0.4, -0.2) is 27.7 Å². The molecule has 2 aromatic heterocycles. The van der Waals surface area contributed by atoms with E-state index in [1.807, 2.05) is 6.92 Å². The van der Waals surface area contributed by atoms with Crippen LogP contribution in [0.4, 0.5) is 5.82 Å². The van der Waals surface area contributed by atoms with Crippen molar-refractivity contribution in [2.45, 2.75) is 18.5 Å². The van der Waals surface area contributed by atoms with Crippen LogP contribution in [0.15, 0.2) is 17.6 Å². The summed E-state index contributed by atoms with van der Waals surface area (Å²) in [5.74, 6) is -0.0158. The molecule has 0 bridgehead atoms. The molecule has 8 nitrogen and oxygen atoms in total. The lowest BCUT2D eigenvalue weighted by molar-refractivity contribution is 0.571. The fraction of sp³-hybridized carbons (Fsp3) is 0.400. The zero-order valence-electron chi connectivity index (χ0n) is 11.0. The molecule has 2 rings (SSSR count). The average Bonchev–Trinajstić information content (AvgIpc) is 2.82. The van der Waals surface area contributed by atoms with E-state index in [1.165, 1.54) is 10.9 Å². The predicted molar refractivity (Wildman–Crippen MR) is 69.6 cm³/mol. The topological polar surface area (TPSA) is 108 Å². The first kappa shape index (κ1) is 13.6. The highest BCUT2D eigenvalue weighted by atomic mass is 32.2. The number of nitrogens with one attached hydrogen (secondary N) is 1. The van der Waals surface area contributed by atoms with E-state index in [1.54, 1.807) is 25.0 Å². The molecular formula is C10H16N6O2S. The molecule has 0 aromatic carbocycles. The summed E-state index contributed by atoms with van der Waals surface area (Å²) < 4.78 is 29.8. The van der Waals surface area contributed by atoms with Crippen molar-refractivity contribution in [3.05, 3.63) is 23.8 Å². The van der Waals surface area contributed by atoms with E-state index in [-0.39, 0.29) is 17.4 Å². The van der Waals surface area contributed by atoms with Gasteiger partial charge < -0.3 is 10.3 Å². The van der Waals surface area contributed by atoms with Crippen LogP contribution in [0.1, 0.15) is 11.3 Å². The third-order valence-corrected chi connectivity index (χ3v) is 4.48. The first-order chi connectivity index (χ1) is 8.83. The summed E-state index contributed by atoms with van der Waals surface area (Å²) in [6, 6.07) is 0. The Kier molecular flexibility index (Phi) is 3.33. The Morgan fingerprint density at radius 3 is 2.58 bits per heavy atom. The first-order valence-electron chi connectivity index (χ1n) is 5.57. The second-order valence-electron chi connectivity index (χ2n) is 4.25. The molecule has 0 aliphatic heterocycles. The van der Waals surface area contributed by atoms with E-state index in [0.717, 1.165) is 11.3 Å². The molecule has 2 heterocycles. The Bertz CT molecular complexity index is 680. The maximum absolute atomic E-state index is 12.1. The highest BCUT2D eigenvalue weighted by Crippen LogP contribution is 2.16. The minimum Gasteiger partial charge on any atom is -0.381 e. The predicted octanol–water partition coefficient (Wildman–Crippen LogP) is -0.477. The number of sulfonamides is 1. The smallest absolute Gasteiger partial charge is 0.260 e. The zero-order valence-corrected chi connectivity index (χ0v) is 11.8. The highest BCUT2D eigenvalue weighted by Gasteiger charge is 2.22. The maximum Gasteiger partial charge on any atom is 0.260 e. The standard InChI is InChI=1S/C10H16N6O2S/c1-7-8(4-13-16(7)3)5-14-19(17,18)10-9(11)12-6-15(10)2/h4,6,14H,5,11H2,1-3H3. The summed E-state index contributed by atoms with van der Waals surface area (Å²) >= 11 is 0. The number of nitrogens with zero attached hydrogens (tertiary/aromatic N) is 4. The Hall–Kier alpha value is -1.87. The molecule has 0 unspecified atom stereocenters. The van der Waals surface area contributed by atoms with Gasteiger partial charge >= 0.3 is 0 Å². The fourth-order valence-corrected chi connectivity index (χ4v) is 2.96. The third kappa shape index (κ3) is 2.47. The molecular weight excluding hydrogens is 268 g/mol. The minimum atomic E-state index is -3.70. The maximum atomic E-state index is 12.1. The van der Waals surface area contributed by atoms with Crippen LogP contribution in [0.3, 0.4) is 0 Å². The summed E-state index contributed by atoms with van der Waals surface area (Å²) in [5, 5.41) is 4.02. The molecule has 2 aromatic rings. The van der Waals surface area contributed by atoms with Crippen LogP contribution >= 0.6 is 0 Å². The number of rotatable bonds is 4. The van der Waals surface area contributed by atoms with Gasteiger partial charge in [-0.05, 0) is 6.92 Å². The molecule has 0 aliphatic rings. The van der Waals surface area contributed by atoms with E-state index in [4.69, 9.17) is 5.73 Å². The first-order valence-corrected chi connectivity index (χ1v) is 7.05. The van der Waals surface area contributed by atoms with E-state index < -0.39 is 10.0 Å². The molecule has 0 aliphatic carbocycles. The molecule has 0 saturated carbocycles. The Balaban J connectivity index is 2.22. The van der Waals surface area contributed by atoms with Crippen molar-refractivity contribution in [2.75, 3.05) is 5.73 Å². The summed E-state index contributed by atoms with van der Waals surface area (Å²) in [6.07, 6.45) is 2.99. The molecule has 3 N–H and O–H groups in total. The lowest BCUT2D eigenvalue weighted by Gasteiger charge is -2.07. The molecule has 0 saturated heterocycles. The number of hydrogen-bond acceptors (Lipinski definition) is 5. The number of aryl methyl sites for hydroxylation is 2. The number of nitrogens with two attached hydrogens (primary N) is 1. The highest BCUT2D eigenvalue weighted by molar-refractivity contribution is 7.89. The van der Waals surface area contributed by atoms with Crippen LogP contribution in [0.25, 0.3) is 0 Å². The normalized spacial score (nSPS) is 11.9. The van der Waals surface area contributed by atoms with Crippen molar-refractivity contribution >= 4 is 15.8 Å². The second-order valence-corrected chi connectivity index (χ2v) is 5.93. The van der Waals surface area contributed by atoms with Crippen LogP contribution in [-0.2, 0) is 30.7 Å². The van der Waals surface area contributed by atoms with Crippen LogP contribution < -0.4 is 10.5 Å². The van der Waals surface area contributed by atoms with Crippen LogP contribution in [0.2, 0.25) is 0 Å². The van der Waals surface area contributed by atoms with E-state index in [2.05, 4.69) is 14.8 Å². The van der Waals surface area contributed by atoms with Gasteiger partial charge in [0.2, 0.25) is 0 Å². The van der Waals surface area contributed by atoms with Gasteiger partial charge in [-0.3, -0.25) is 4.68 Å². The molecule has 19 heavy (non-hydrogen) atoms. The fourth-order valence-electron chi connectivity index (χ4n) is 1.72. The largest absolute Gasteiger partial charge is 0.381 e. The van der Waals surface area contributed by atoms with Crippen molar-refractivity contribution in [2.24, 2.45) is 14.1 Å². The van der Waals surface area contributed by atoms with E-state index in [0.29, 0.717) is 0 Å². The van der Waals surface area contributed by atoms with Gasteiger partial charge in [0.1, 0.15) is 0 Å². The van der Waals surface area contributed by atoms with Crippen molar-refractivity contribution in [1.29, 1.82) is 0 Å². The van der Waals surface area contributed by atoms with Crippen molar-refractivity contribution < 1.29 is 8.42 Å². The molecule has 0 spiro atoms. The van der Waals surface area contributed by atoms with Gasteiger partial charge in [0.25, 0.3) is 10.0 Å². The molecule has 104 valence electrons.